The number of alkyl halides is 3. The Hall–Kier alpha value is -3.40. The summed E-state index contributed by atoms with van der Waals surface area (Å²) in [5.74, 6) is -2.33. The zero-order valence-electron chi connectivity index (χ0n) is 17.2. The van der Waals surface area contributed by atoms with Crippen molar-refractivity contribution in [1.29, 1.82) is 0 Å². The Labute approximate surface area is 183 Å². The molecule has 7 nitrogen and oxygen atoms in total. The van der Waals surface area contributed by atoms with E-state index in [4.69, 9.17) is 0 Å². The molecule has 2 saturated heterocycles. The Morgan fingerprint density at radius 1 is 0.781 bits per heavy atom. The maximum absolute atomic E-state index is 12.3. The molecule has 0 atom stereocenters. The van der Waals surface area contributed by atoms with Crippen molar-refractivity contribution in [2.24, 2.45) is 0 Å². The lowest BCUT2D eigenvalue weighted by Crippen LogP contribution is -2.55. The molecule has 0 unspecified atom stereocenters. The lowest BCUT2D eigenvalue weighted by Gasteiger charge is -2.34. The SMILES string of the molecule is O=C1CN(C(=O)C(F)(F)F)CCN1c1ccccc1.O=C1CNCCN1c1ccccc1. The van der Waals surface area contributed by atoms with Gasteiger partial charge in [-0.05, 0) is 24.3 Å². The van der Waals surface area contributed by atoms with Gasteiger partial charge in [-0.1, -0.05) is 36.4 Å². The topological polar surface area (TPSA) is 73.0 Å². The molecule has 2 aliphatic heterocycles. The van der Waals surface area contributed by atoms with E-state index in [1.54, 1.807) is 30.3 Å². The van der Waals surface area contributed by atoms with Crippen LogP contribution in [0.3, 0.4) is 0 Å². The Bertz CT molecular complexity index is 938. The molecule has 2 aromatic rings. The normalized spacial score (nSPS) is 17.0. The van der Waals surface area contributed by atoms with Gasteiger partial charge in [0.05, 0.1) is 6.54 Å². The summed E-state index contributed by atoms with van der Waals surface area (Å²) in [5, 5.41) is 3.04. The number of halogens is 3. The molecule has 170 valence electrons. The van der Waals surface area contributed by atoms with Crippen LogP contribution >= 0.6 is 0 Å². The van der Waals surface area contributed by atoms with Gasteiger partial charge in [-0.2, -0.15) is 13.2 Å². The van der Waals surface area contributed by atoms with E-state index in [0.29, 0.717) is 17.1 Å². The van der Waals surface area contributed by atoms with Crippen LogP contribution in [0.5, 0.6) is 0 Å². The van der Waals surface area contributed by atoms with Gasteiger partial charge >= 0.3 is 12.1 Å². The minimum absolute atomic E-state index is 0.0602. The third-order valence-electron chi connectivity index (χ3n) is 4.98. The van der Waals surface area contributed by atoms with Gasteiger partial charge in [0.1, 0.15) is 6.54 Å². The van der Waals surface area contributed by atoms with Crippen LogP contribution in [-0.2, 0) is 14.4 Å². The molecule has 2 fully saturated rings. The van der Waals surface area contributed by atoms with E-state index in [-0.39, 0.29) is 19.0 Å². The van der Waals surface area contributed by atoms with Crippen LogP contribution in [0.4, 0.5) is 24.5 Å². The summed E-state index contributed by atoms with van der Waals surface area (Å²) in [7, 11) is 0. The smallest absolute Gasteiger partial charge is 0.324 e. The van der Waals surface area contributed by atoms with Crippen molar-refractivity contribution in [1.82, 2.24) is 10.2 Å². The van der Waals surface area contributed by atoms with Crippen LogP contribution < -0.4 is 15.1 Å². The van der Waals surface area contributed by atoms with Crippen LogP contribution in [0, 0.1) is 0 Å². The number of nitrogens with one attached hydrogen (secondary N) is 1. The fourth-order valence-corrected chi connectivity index (χ4v) is 3.39. The highest BCUT2D eigenvalue weighted by molar-refractivity contribution is 5.98. The molecule has 0 aromatic heterocycles. The summed E-state index contributed by atoms with van der Waals surface area (Å²) in [6.45, 7) is 1.48. The van der Waals surface area contributed by atoms with Gasteiger partial charge < -0.3 is 20.0 Å². The minimum Gasteiger partial charge on any atom is -0.324 e. The quantitative estimate of drug-likeness (QED) is 0.764. The molecule has 2 aliphatic rings. The fraction of sp³-hybridized carbons (Fsp3) is 0.318. The highest BCUT2D eigenvalue weighted by atomic mass is 19.4. The van der Waals surface area contributed by atoms with E-state index in [1.165, 1.54) is 4.90 Å². The first-order valence-corrected chi connectivity index (χ1v) is 10.0. The Balaban J connectivity index is 0.000000193. The molecule has 0 saturated carbocycles. The average Bonchev–Trinajstić information content (AvgIpc) is 2.80. The minimum atomic E-state index is -4.94. The van der Waals surface area contributed by atoms with E-state index >= 15 is 0 Å². The molecular weight excluding hydrogens is 425 g/mol. The van der Waals surface area contributed by atoms with Gasteiger partial charge in [0.2, 0.25) is 11.8 Å². The van der Waals surface area contributed by atoms with E-state index in [0.717, 1.165) is 18.8 Å². The molecule has 0 radical (unpaired) electrons. The molecule has 32 heavy (non-hydrogen) atoms. The number of amides is 3. The molecule has 10 heteroatoms. The van der Waals surface area contributed by atoms with Crippen molar-refractivity contribution in [3.8, 4) is 0 Å². The van der Waals surface area contributed by atoms with Gasteiger partial charge in [0.15, 0.2) is 0 Å². The molecule has 1 N–H and O–H groups in total. The number of carbonyl (C=O) groups is 3. The molecule has 4 rings (SSSR count). The Morgan fingerprint density at radius 3 is 1.78 bits per heavy atom. The highest BCUT2D eigenvalue weighted by Gasteiger charge is 2.44. The summed E-state index contributed by atoms with van der Waals surface area (Å²) in [6, 6.07) is 18.4. The molecule has 3 amide bonds. The summed E-state index contributed by atoms with van der Waals surface area (Å²) in [4.78, 5) is 38.0. The first-order chi connectivity index (χ1) is 15.3. The largest absolute Gasteiger partial charge is 0.471 e. The van der Waals surface area contributed by atoms with Gasteiger partial charge in [-0.15, -0.1) is 0 Å². The fourth-order valence-electron chi connectivity index (χ4n) is 3.39. The van der Waals surface area contributed by atoms with Crippen molar-refractivity contribution in [2.75, 3.05) is 49.1 Å². The molecule has 2 aromatic carbocycles. The first-order valence-electron chi connectivity index (χ1n) is 10.0. The van der Waals surface area contributed by atoms with Crippen LogP contribution in [0.15, 0.2) is 60.7 Å². The predicted octanol–water partition coefficient (Wildman–Crippen LogP) is 2.05. The molecule has 0 spiro atoms. The third kappa shape index (κ3) is 5.85. The molecule has 2 heterocycles. The number of hydrogen-bond acceptors (Lipinski definition) is 4. The van der Waals surface area contributed by atoms with Crippen molar-refractivity contribution in [3.05, 3.63) is 60.7 Å². The summed E-state index contributed by atoms with van der Waals surface area (Å²) in [6.07, 6.45) is -4.94. The van der Waals surface area contributed by atoms with E-state index < -0.39 is 24.5 Å². The van der Waals surface area contributed by atoms with E-state index in [9.17, 15) is 27.6 Å². The number of benzene rings is 2. The lowest BCUT2D eigenvalue weighted by molar-refractivity contribution is -0.186. The number of piperazine rings is 2. The number of rotatable bonds is 2. The monoisotopic (exact) mass is 448 g/mol. The van der Waals surface area contributed by atoms with Crippen LogP contribution in [0.2, 0.25) is 0 Å². The Kier molecular flexibility index (Phi) is 7.47. The molecular formula is C22H23F3N4O3. The maximum atomic E-state index is 12.3. The van der Waals surface area contributed by atoms with Crippen molar-refractivity contribution in [3.63, 3.8) is 0 Å². The second kappa shape index (κ2) is 10.3. The summed E-state index contributed by atoms with van der Waals surface area (Å²) < 4.78 is 36.8. The van der Waals surface area contributed by atoms with Crippen molar-refractivity contribution in [2.45, 2.75) is 6.18 Å². The standard InChI is InChI=1S/C12H11F3N2O2.C10H12N2O/c13-12(14,15)11(19)16-6-7-17(10(18)8-16)9-4-2-1-3-5-9;13-10-8-11-6-7-12(10)9-4-2-1-3-5-9/h1-5H,6-8H2;1-5,11H,6-8H2. The average molecular weight is 448 g/mol. The number of para-hydroxylation sites is 2. The van der Waals surface area contributed by atoms with E-state index in [2.05, 4.69) is 5.32 Å². The van der Waals surface area contributed by atoms with Crippen LogP contribution in [0.1, 0.15) is 0 Å². The summed E-state index contributed by atoms with van der Waals surface area (Å²) in [5.41, 5.74) is 1.61. The zero-order valence-corrected chi connectivity index (χ0v) is 17.2. The predicted molar refractivity (Wildman–Crippen MR) is 113 cm³/mol. The van der Waals surface area contributed by atoms with Crippen molar-refractivity contribution < 1.29 is 27.6 Å². The van der Waals surface area contributed by atoms with E-state index in [1.807, 2.05) is 35.2 Å². The third-order valence-corrected chi connectivity index (χ3v) is 4.98. The molecule has 0 aliphatic carbocycles. The number of hydrogen-bond donors (Lipinski definition) is 1. The highest BCUT2D eigenvalue weighted by Crippen LogP contribution is 2.22. The van der Waals surface area contributed by atoms with Crippen LogP contribution in [-0.4, -0.2) is 68.1 Å². The second-order valence-electron chi connectivity index (χ2n) is 7.16. The Morgan fingerprint density at radius 2 is 1.31 bits per heavy atom. The maximum Gasteiger partial charge on any atom is 0.471 e. The number of nitrogens with zero attached hydrogens (tertiary/aromatic N) is 3. The van der Waals surface area contributed by atoms with Gasteiger partial charge in [0, 0.05) is 37.6 Å². The van der Waals surface area contributed by atoms with Crippen LogP contribution in [0.25, 0.3) is 0 Å². The first kappa shape index (κ1) is 23.3. The number of carbonyl (C=O) groups excluding carboxylic acids is 3. The van der Waals surface area contributed by atoms with Gasteiger partial charge in [-0.25, -0.2) is 0 Å². The van der Waals surface area contributed by atoms with Gasteiger partial charge in [0.25, 0.3) is 0 Å². The lowest BCUT2D eigenvalue weighted by atomic mass is 10.2. The summed E-state index contributed by atoms with van der Waals surface area (Å²) >= 11 is 0. The zero-order chi connectivity index (χ0) is 23.1. The van der Waals surface area contributed by atoms with Gasteiger partial charge in [-0.3, -0.25) is 14.4 Å². The molecule has 0 bridgehead atoms. The second-order valence-corrected chi connectivity index (χ2v) is 7.16. The number of anilines is 2. The van der Waals surface area contributed by atoms with Crippen molar-refractivity contribution >= 4 is 29.1 Å².